The number of hydrogen-bond acceptors (Lipinski definition) is 4. The maximum atomic E-state index is 13.5. The summed E-state index contributed by atoms with van der Waals surface area (Å²) in [7, 11) is -3.77. The van der Waals surface area contributed by atoms with Crippen molar-refractivity contribution in [3.63, 3.8) is 0 Å². The first-order valence-corrected chi connectivity index (χ1v) is 12.1. The Kier molecular flexibility index (Phi) is 5.03. The number of aromatic nitrogens is 3. The number of halogens is 1. The molecule has 2 aromatic carbocycles. The minimum absolute atomic E-state index is 0.250. The Bertz CT molecular complexity index is 1430. The van der Waals surface area contributed by atoms with Gasteiger partial charge in [0.05, 0.1) is 10.6 Å². The minimum atomic E-state index is -3.77. The van der Waals surface area contributed by atoms with Crippen LogP contribution in [0.1, 0.15) is 16.8 Å². The van der Waals surface area contributed by atoms with E-state index in [4.69, 9.17) is 16.7 Å². The average Bonchev–Trinajstić information content (AvgIpc) is 3.00. The van der Waals surface area contributed by atoms with Crippen molar-refractivity contribution < 1.29 is 8.42 Å². The summed E-state index contributed by atoms with van der Waals surface area (Å²) in [6.45, 7) is 4.20. The van der Waals surface area contributed by atoms with Gasteiger partial charge in [-0.1, -0.05) is 35.4 Å². The molecule has 6 nitrogen and oxygen atoms in total. The molecule has 3 heterocycles. The van der Waals surface area contributed by atoms with Crippen LogP contribution in [0.2, 0.25) is 5.02 Å². The monoisotopic (exact) mass is 464 g/mol. The third kappa shape index (κ3) is 3.38. The average molecular weight is 465 g/mol. The van der Waals surface area contributed by atoms with Crippen molar-refractivity contribution in [2.24, 2.45) is 0 Å². The maximum Gasteiger partial charge on any atom is 0.265 e. The second-order valence-corrected chi connectivity index (χ2v) is 10.1. The van der Waals surface area contributed by atoms with Crippen LogP contribution in [-0.4, -0.2) is 29.7 Å². The van der Waals surface area contributed by atoms with Gasteiger partial charge < -0.3 is 0 Å². The number of benzene rings is 2. The highest BCUT2D eigenvalue weighted by molar-refractivity contribution is 7.92. The first-order valence-electron chi connectivity index (χ1n) is 10.3. The summed E-state index contributed by atoms with van der Waals surface area (Å²) in [5.41, 5.74) is 5.25. The van der Waals surface area contributed by atoms with Gasteiger partial charge in [0.2, 0.25) is 0 Å². The standard InChI is InChI=1S/C24H21ClN4O2S/c1-16-8-10-20(11-9-16)32(30,31)28-14-12-21-17(2)29(19-6-3-5-18(25)15-19)27-23(21)22-7-4-13-26-24(22)28/h3-11,13,15H,12,14H2,1-2H3. The molecular weight excluding hydrogens is 444 g/mol. The van der Waals surface area contributed by atoms with E-state index in [2.05, 4.69) is 4.98 Å². The smallest absolute Gasteiger partial charge is 0.249 e. The van der Waals surface area contributed by atoms with Gasteiger partial charge in [-0.2, -0.15) is 5.10 Å². The van der Waals surface area contributed by atoms with E-state index in [1.54, 1.807) is 36.5 Å². The Morgan fingerprint density at radius 1 is 1.00 bits per heavy atom. The molecule has 0 radical (unpaired) electrons. The molecular formula is C24H21ClN4O2S. The van der Waals surface area contributed by atoms with Gasteiger partial charge in [-0.15, -0.1) is 0 Å². The molecule has 0 saturated heterocycles. The molecule has 0 amide bonds. The van der Waals surface area contributed by atoms with Crippen molar-refractivity contribution in [2.75, 3.05) is 10.8 Å². The first kappa shape index (κ1) is 20.7. The molecule has 8 heteroatoms. The van der Waals surface area contributed by atoms with Crippen LogP contribution in [0.25, 0.3) is 16.9 Å². The van der Waals surface area contributed by atoms with Crippen LogP contribution >= 0.6 is 11.6 Å². The van der Waals surface area contributed by atoms with Crippen LogP contribution in [0, 0.1) is 13.8 Å². The van der Waals surface area contributed by atoms with Gasteiger partial charge >= 0.3 is 0 Å². The summed E-state index contributed by atoms with van der Waals surface area (Å²) < 4.78 is 30.3. The Morgan fingerprint density at radius 3 is 2.53 bits per heavy atom. The van der Waals surface area contributed by atoms with Crippen LogP contribution in [0.5, 0.6) is 0 Å². The molecule has 1 aliphatic rings. The highest BCUT2D eigenvalue weighted by Crippen LogP contribution is 2.38. The topological polar surface area (TPSA) is 68.1 Å². The van der Waals surface area contributed by atoms with E-state index in [9.17, 15) is 8.42 Å². The predicted octanol–water partition coefficient (Wildman–Crippen LogP) is 4.96. The lowest BCUT2D eigenvalue weighted by Gasteiger charge is -2.23. The lowest BCUT2D eigenvalue weighted by molar-refractivity contribution is 0.590. The zero-order chi connectivity index (χ0) is 22.5. The van der Waals surface area contributed by atoms with E-state index < -0.39 is 10.0 Å². The summed E-state index contributed by atoms with van der Waals surface area (Å²) in [5.74, 6) is 0.391. The molecule has 0 fully saturated rings. The Labute approximate surface area is 192 Å². The molecule has 0 N–H and O–H groups in total. The number of aryl methyl sites for hydroxylation is 1. The zero-order valence-corrected chi connectivity index (χ0v) is 19.2. The van der Waals surface area contributed by atoms with Crippen LogP contribution in [0.4, 0.5) is 5.82 Å². The summed E-state index contributed by atoms with van der Waals surface area (Å²) in [6, 6.07) is 18.1. The van der Waals surface area contributed by atoms with E-state index in [-0.39, 0.29) is 11.4 Å². The fourth-order valence-corrected chi connectivity index (χ4v) is 5.70. The van der Waals surface area contributed by atoms with E-state index in [1.807, 2.05) is 48.9 Å². The molecule has 32 heavy (non-hydrogen) atoms. The summed E-state index contributed by atoms with van der Waals surface area (Å²) in [5, 5.41) is 5.49. The number of sulfonamides is 1. The highest BCUT2D eigenvalue weighted by Gasteiger charge is 2.33. The first-order chi connectivity index (χ1) is 15.4. The largest absolute Gasteiger partial charge is 0.265 e. The number of hydrogen-bond donors (Lipinski definition) is 0. The molecule has 5 rings (SSSR count). The van der Waals surface area contributed by atoms with Gasteiger partial charge in [0, 0.05) is 34.6 Å². The third-order valence-corrected chi connectivity index (χ3v) is 7.78. The number of fused-ring (bicyclic) bond motifs is 3. The number of anilines is 1. The van der Waals surface area contributed by atoms with Crippen molar-refractivity contribution in [1.29, 1.82) is 0 Å². The number of pyridine rings is 1. The summed E-state index contributed by atoms with van der Waals surface area (Å²) in [6.07, 6.45) is 2.13. The molecule has 0 spiro atoms. The van der Waals surface area contributed by atoms with Crippen LogP contribution in [-0.2, 0) is 16.4 Å². The molecule has 1 aliphatic heterocycles. The quantitative estimate of drug-likeness (QED) is 0.430. The molecule has 0 aliphatic carbocycles. The Balaban J connectivity index is 1.66. The number of rotatable bonds is 3. The summed E-state index contributed by atoms with van der Waals surface area (Å²) >= 11 is 6.19. The van der Waals surface area contributed by atoms with Crippen molar-refractivity contribution >= 4 is 27.4 Å². The minimum Gasteiger partial charge on any atom is -0.249 e. The van der Waals surface area contributed by atoms with Gasteiger partial charge in [-0.05, 0) is 62.7 Å². The molecule has 2 aromatic heterocycles. The lowest BCUT2D eigenvalue weighted by Crippen LogP contribution is -2.33. The maximum absolute atomic E-state index is 13.5. The SMILES string of the molecule is Cc1ccc(S(=O)(=O)N2CCc3c(nn(-c4cccc(Cl)c4)c3C)-c3cccnc32)cc1. The molecule has 0 unspecified atom stereocenters. The highest BCUT2D eigenvalue weighted by atomic mass is 35.5. The van der Waals surface area contributed by atoms with Crippen LogP contribution in [0.15, 0.2) is 71.8 Å². The van der Waals surface area contributed by atoms with Crippen molar-refractivity contribution in [2.45, 2.75) is 25.2 Å². The lowest BCUT2D eigenvalue weighted by atomic mass is 10.1. The predicted molar refractivity (Wildman–Crippen MR) is 126 cm³/mol. The van der Waals surface area contributed by atoms with Crippen molar-refractivity contribution in [1.82, 2.24) is 14.8 Å². The van der Waals surface area contributed by atoms with Crippen molar-refractivity contribution in [3.05, 3.63) is 88.7 Å². The fourth-order valence-electron chi connectivity index (χ4n) is 4.08. The molecule has 0 atom stereocenters. The van der Waals surface area contributed by atoms with E-state index in [0.29, 0.717) is 22.8 Å². The van der Waals surface area contributed by atoms with Gasteiger partial charge in [0.25, 0.3) is 10.0 Å². The Morgan fingerprint density at radius 2 is 1.78 bits per heavy atom. The second kappa shape index (κ2) is 7.76. The summed E-state index contributed by atoms with van der Waals surface area (Å²) in [4.78, 5) is 4.72. The normalized spacial score (nSPS) is 13.4. The zero-order valence-electron chi connectivity index (χ0n) is 17.7. The molecule has 0 bridgehead atoms. The van der Waals surface area contributed by atoms with Crippen LogP contribution in [0.3, 0.4) is 0 Å². The molecule has 4 aromatic rings. The third-order valence-electron chi connectivity index (χ3n) is 5.74. The van der Waals surface area contributed by atoms with Gasteiger partial charge in [-0.3, -0.25) is 0 Å². The molecule has 162 valence electrons. The van der Waals surface area contributed by atoms with E-state index >= 15 is 0 Å². The number of nitrogens with zero attached hydrogens (tertiary/aromatic N) is 4. The van der Waals surface area contributed by atoms with Gasteiger partial charge in [0.1, 0.15) is 5.69 Å². The van der Waals surface area contributed by atoms with Crippen LogP contribution < -0.4 is 4.31 Å². The molecule has 0 saturated carbocycles. The fraction of sp³-hybridized carbons (Fsp3) is 0.167. The van der Waals surface area contributed by atoms with Gasteiger partial charge in [-0.25, -0.2) is 22.4 Å². The van der Waals surface area contributed by atoms with Crippen molar-refractivity contribution in [3.8, 4) is 16.9 Å². The van der Waals surface area contributed by atoms with E-state index in [1.165, 1.54) is 4.31 Å². The van der Waals surface area contributed by atoms with E-state index in [0.717, 1.165) is 28.2 Å². The second-order valence-electron chi connectivity index (χ2n) is 7.82. The Hall–Kier alpha value is -3.16. The van der Waals surface area contributed by atoms with Gasteiger partial charge in [0.15, 0.2) is 5.82 Å².